The van der Waals surface area contributed by atoms with Gasteiger partial charge in [-0.15, -0.1) is 0 Å². The summed E-state index contributed by atoms with van der Waals surface area (Å²) in [6.07, 6.45) is -8.16. The van der Waals surface area contributed by atoms with Crippen LogP contribution in [-0.2, 0) is 14.3 Å². The third-order valence-corrected chi connectivity index (χ3v) is 2.03. The first-order chi connectivity index (χ1) is 12.2. The maximum atomic E-state index is 10.6. The molecule has 0 aromatic rings. The zero-order valence-electron chi connectivity index (χ0n) is 14.2. The predicted molar refractivity (Wildman–Crippen MR) is 81.3 cm³/mol. The summed E-state index contributed by atoms with van der Waals surface area (Å²) in [4.78, 5) is 17.8. The number of methoxy groups -OCH3 is 1. The van der Waals surface area contributed by atoms with Crippen LogP contribution in [0.3, 0.4) is 0 Å². The summed E-state index contributed by atoms with van der Waals surface area (Å²) in [6.45, 7) is 2.80. The van der Waals surface area contributed by atoms with Crippen LogP contribution < -0.4 is 16.4 Å². The molecule has 15 heteroatoms. The van der Waals surface area contributed by atoms with Gasteiger partial charge < -0.3 is 31.3 Å². The number of hydrogen-bond acceptors (Lipinski definition) is 5. The van der Waals surface area contributed by atoms with Gasteiger partial charge in [0.1, 0.15) is 0 Å². The van der Waals surface area contributed by atoms with Crippen LogP contribution in [0.5, 0.6) is 0 Å². The zero-order valence-corrected chi connectivity index (χ0v) is 14.2. The fourth-order valence-electron chi connectivity index (χ4n) is 0.823. The predicted octanol–water partition coefficient (Wildman–Crippen LogP) is 0.752. The average molecular weight is 416 g/mol. The van der Waals surface area contributed by atoms with Crippen molar-refractivity contribution in [3.8, 4) is 0 Å². The first-order valence-electron chi connectivity index (χ1n) is 7.05. The Bertz CT molecular complexity index is 407. The molecule has 0 amide bonds. The fourth-order valence-corrected chi connectivity index (χ4v) is 0.823. The lowest BCUT2D eigenvalue weighted by molar-refractivity contribution is -0.193. The number of rotatable bonds is 7. The number of guanidine groups is 1. The van der Waals surface area contributed by atoms with Gasteiger partial charge in [-0.1, -0.05) is 0 Å². The summed E-state index contributed by atoms with van der Waals surface area (Å²) in [7, 11) is 1.64. The molecule has 0 aliphatic carbocycles. The summed E-state index contributed by atoms with van der Waals surface area (Å²) in [5, 5.41) is 27.5. The van der Waals surface area contributed by atoms with Crippen LogP contribution in [-0.4, -0.2) is 73.8 Å². The third-order valence-electron chi connectivity index (χ3n) is 2.03. The Hall–Kier alpha value is -2.29. The Morgan fingerprint density at radius 2 is 1.33 bits per heavy atom. The van der Waals surface area contributed by atoms with Crippen LogP contribution in [0.4, 0.5) is 26.3 Å². The van der Waals surface area contributed by atoms with Gasteiger partial charge in [-0.25, -0.2) is 9.59 Å². The number of alkyl halides is 6. The van der Waals surface area contributed by atoms with E-state index in [1.807, 2.05) is 0 Å². The molecule has 0 radical (unpaired) electrons. The Balaban J connectivity index is -0.000000350. The average Bonchev–Trinajstić information content (AvgIpc) is 2.51. The molecule has 0 spiro atoms. The number of unbranched alkanes of at least 4 members (excludes halogenated alkanes) is 1. The van der Waals surface area contributed by atoms with Gasteiger partial charge in [0.05, 0.1) is 6.61 Å². The van der Waals surface area contributed by atoms with E-state index >= 15 is 0 Å². The molecule has 162 valence electrons. The minimum absolute atomic E-state index is 0.356. The van der Waals surface area contributed by atoms with Crippen LogP contribution in [0.25, 0.3) is 0 Å². The molecule has 0 aromatic carbocycles. The van der Waals surface area contributed by atoms with E-state index in [1.165, 1.54) is 0 Å². The summed E-state index contributed by atoms with van der Waals surface area (Å²) in [5.41, 5.74) is 5.33. The lowest BCUT2D eigenvalue weighted by Crippen LogP contribution is -2.38. The molecule has 0 bridgehead atoms. The van der Waals surface area contributed by atoms with E-state index in [9.17, 15) is 26.3 Å². The molecule has 0 atom stereocenters. The highest BCUT2D eigenvalue weighted by atomic mass is 19.4. The highest BCUT2D eigenvalue weighted by molar-refractivity contribution is 5.76. The molecule has 0 aliphatic rings. The molecule has 7 N–H and O–H groups in total. The number of carboxylic acid groups (broad SMARTS) is 2. The van der Waals surface area contributed by atoms with E-state index in [0.29, 0.717) is 25.7 Å². The summed E-state index contributed by atoms with van der Waals surface area (Å²) in [5.74, 6) is -5.16. The van der Waals surface area contributed by atoms with E-state index < -0.39 is 24.3 Å². The summed E-state index contributed by atoms with van der Waals surface area (Å²) < 4.78 is 68.3. The van der Waals surface area contributed by atoms with Crippen molar-refractivity contribution in [1.29, 1.82) is 5.41 Å². The topological polar surface area (TPSA) is 158 Å². The number of ether oxygens (including phenoxy) is 1. The first kappa shape index (κ1) is 29.5. The third kappa shape index (κ3) is 26.1. The Kier molecular flexibility index (Phi) is 17.4. The van der Waals surface area contributed by atoms with Crippen LogP contribution in [0.1, 0.15) is 12.8 Å². The number of halogens is 6. The van der Waals surface area contributed by atoms with E-state index in [-0.39, 0.29) is 0 Å². The fraction of sp³-hybridized carbons (Fsp3) is 0.750. The molecular weight excluding hydrogens is 394 g/mol. The Morgan fingerprint density at radius 3 is 1.63 bits per heavy atom. The van der Waals surface area contributed by atoms with Crippen molar-refractivity contribution >= 4 is 17.9 Å². The molecule has 0 fully saturated rings. The quantitative estimate of drug-likeness (QED) is 0.154. The van der Waals surface area contributed by atoms with Crippen molar-refractivity contribution in [2.75, 3.05) is 33.4 Å². The number of nitrogens with one attached hydrogen (secondary N) is 3. The van der Waals surface area contributed by atoms with Crippen LogP contribution in [0.15, 0.2) is 0 Å². The summed E-state index contributed by atoms with van der Waals surface area (Å²) >= 11 is 0. The van der Waals surface area contributed by atoms with Crippen molar-refractivity contribution in [3.63, 3.8) is 0 Å². The molecule has 0 rings (SSSR count). The van der Waals surface area contributed by atoms with E-state index in [1.54, 1.807) is 7.11 Å². The minimum atomic E-state index is -5.08. The molecule has 0 saturated carbocycles. The standard InChI is InChI=1S/C8H20N4O.2C2HF3O2/c1-13-7-6-12-8(10)11-5-3-2-4-9;2*3-2(4,5)1(6)7/h2-7,9H2,1H3,(H3,10,11,12);2*(H,6,7). The molecule has 0 saturated heterocycles. The number of carboxylic acids is 2. The van der Waals surface area contributed by atoms with Crippen molar-refractivity contribution in [1.82, 2.24) is 10.6 Å². The van der Waals surface area contributed by atoms with Gasteiger partial charge in [0.25, 0.3) is 0 Å². The largest absolute Gasteiger partial charge is 0.490 e. The van der Waals surface area contributed by atoms with Gasteiger partial charge in [-0.05, 0) is 19.4 Å². The number of hydrogen-bond donors (Lipinski definition) is 6. The lowest BCUT2D eigenvalue weighted by Gasteiger charge is -2.09. The molecule has 0 aromatic heterocycles. The second-order valence-electron chi connectivity index (χ2n) is 4.32. The first-order valence-corrected chi connectivity index (χ1v) is 7.05. The molecule has 27 heavy (non-hydrogen) atoms. The van der Waals surface area contributed by atoms with Gasteiger partial charge in [0.2, 0.25) is 0 Å². The Labute approximate surface area is 150 Å². The summed E-state index contributed by atoms with van der Waals surface area (Å²) in [6, 6.07) is 0. The highest BCUT2D eigenvalue weighted by Gasteiger charge is 2.38. The Morgan fingerprint density at radius 1 is 0.963 bits per heavy atom. The van der Waals surface area contributed by atoms with E-state index in [0.717, 1.165) is 19.4 Å². The molecule has 9 nitrogen and oxygen atoms in total. The van der Waals surface area contributed by atoms with Gasteiger partial charge in [-0.3, -0.25) is 5.41 Å². The van der Waals surface area contributed by atoms with Crippen LogP contribution in [0.2, 0.25) is 0 Å². The van der Waals surface area contributed by atoms with Crippen LogP contribution in [0, 0.1) is 5.41 Å². The number of aliphatic carboxylic acids is 2. The molecular formula is C12H22F6N4O5. The minimum Gasteiger partial charge on any atom is -0.475 e. The lowest BCUT2D eigenvalue weighted by atomic mass is 10.3. The molecule has 0 heterocycles. The SMILES string of the molecule is COCCNC(=N)NCCCCN.O=C(O)C(F)(F)F.O=C(O)C(F)(F)F. The zero-order chi connectivity index (χ0) is 22.1. The maximum absolute atomic E-state index is 10.6. The van der Waals surface area contributed by atoms with E-state index in [2.05, 4.69) is 10.6 Å². The van der Waals surface area contributed by atoms with E-state index in [4.69, 9.17) is 35.7 Å². The smallest absolute Gasteiger partial charge is 0.475 e. The van der Waals surface area contributed by atoms with Gasteiger partial charge in [0, 0.05) is 20.2 Å². The van der Waals surface area contributed by atoms with Crippen molar-refractivity contribution in [2.45, 2.75) is 25.2 Å². The van der Waals surface area contributed by atoms with Crippen molar-refractivity contribution < 1.29 is 50.9 Å². The number of carbonyl (C=O) groups is 2. The van der Waals surface area contributed by atoms with Gasteiger partial charge >= 0.3 is 24.3 Å². The second-order valence-corrected chi connectivity index (χ2v) is 4.32. The van der Waals surface area contributed by atoms with Crippen molar-refractivity contribution in [3.05, 3.63) is 0 Å². The molecule has 0 unspecified atom stereocenters. The van der Waals surface area contributed by atoms with Gasteiger partial charge in [0.15, 0.2) is 5.96 Å². The van der Waals surface area contributed by atoms with Gasteiger partial charge in [-0.2, -0.15) is 26.3 Å². The van der Waals surface area contributed by atoms with Crippen LogP contribution >= 0.6 is 0 Å². The maximum Gasteiger partial charge on any atom is 0.490 e. The monoisotopic (exact) mass is 416 g/mol. The highest BCUT2D eigenvalue weighted by Crippen LogP contribution is 2.13. The molecule has 0 aliphatic heterocycles. The second kappa shape index (κ2) is 15.9. The normalized spacial score (nSPS) is 10.5. The van der Waals surface area contributed by atoms with Crippen molar-refractivity contribution in [2.24, 2.45) is 5.73 Å². The number of nitrogens with two attached hydrogens (primary N) is 1.